The van der Waals surface area contributed by atoms with E-state index in [0.717, 1.165) is 5.92 Å². The summed E-state index contributed by atoms with van der Waals surface area (Å²) < 4.78 is 0. The Balaban J connectivity index is 0.00000120. The Bertz CT molecular complexity index is 460. The number of fused-ring (bicyclic) bond motifs is 1. The van der Waals surface area contributed by atoms with Gasteiger partial charge in [0.05, 0.1) is 10.0 Å². The third-order valence-electron chi connectivity index (χ3n) is 4.40. The minimum Gasteiger partial charge on any atom is -0.300 e. The Morgan fingerprint density at radius 1 is 1.28 bits per heavy atom. The molecule has 0 bridgehead atoms. The first-order valence-electron chi connectivity index (χ1n) is 6.22. The Hall–Kier alpha value is 0.0500. The minimum absolute atomic E-state index is 0. The maximum absolute atomic E-state index is 6.13. The lowest BCUT2D eigenvalue weighted by molar-refractivity contribution is 0.243. The van der Waals surface area contributed by atoms with Gasteiger partial charge in [-0.3, -0.25) is 4.90 Å². The Morgan fingerprint density at radius 2 is 2.00 bits per heavy atom. The first-order chi connectivity index (χ1) is 8.03. The summed E-state index contributed by atoms with van der Waals surface area (Å²) in [4.78, 5) is 2.57. The van der Waals surface area contributed by atoms with Crippen molar-refractivity contribution in [3.63, 3.8) is 0 Å². The Morgan fingerprint density at radius 3 is 2.56 bits per heavy atom. The lowest BCUT2D eigenvalue weighted by Gasteiger charge is -2.24. The predicted molar refractivity (Wildman–Crippen MR) is 80.2 cm³/mol. The van der Waals surface area contributed by atoms with Gasteiger partial charge in [-0.15, -0.1) is 12.4 Å². The molecule has 1 aromatic carbocycles. The molecule has 1 heterocycles. The molecular weight excluding hydrogens is 289 g/mol. The number of benzene rings is 1. The van der Waals surface area contributed by atoms with E-state index < -0.39 is 0 Å². The molecule has 1 aliphatic heterocycles. The van der Waals surface area contributed by atoms with Crippen LogP contribution in [0.2, 0.25) is 10.0 Å². The lowest BCUT2D eigenvalue weighted by Crippen LogP contribution is -2.32. The molecule has 2 fully saturated rings. The summed E-state index contributed by atoms with van der Waals surface area (Å²) in [6.07, 6.45) is 1.31. The minimum atomic E-state index is 0. The van der Waals surface area contributed by atoms with Crippen LogP contribution in [0.4, 0.5) is 0 Å². The molecule has 18 heavy (non-hydrogen) atoms. The summed E-state index contributed by atoms with van der Waals surface area (Å²) in [6.45, 7) is 6.95. The van der Waals surface area contributed by atoms with Crippen LogP contribution in [0.15, 0.2) is 18.2 Å². The molecule has 4 heteroatoms. The zero-order valence-electron chi connectivity index (χ0n) is 10.6. The van der Waals surface area contributed by atoms with Gasteiger partial charge in [-0.25, -0.2) is 0 Å². The molecule has 100 valence electrons. The first-order valence-corrected chi connectivity index (χ1v) is 6.98. The first kappa shape index (κ1) is 14.5. The fourth-order valence-corrected chi connectivity index (χ4v) is 3.47. The maximum atomic E-state index is 6.13. The normalized spacial score (nSPS) is 30.2. The second-order valence-corrected chi connectivity index (χ2v) is 6.52. The van der Waals surface area contributed by atoms with E-state index in [1.807, 2.05) is 6.07 Å². The van der Waals surface area contributed by atoms with Gasteiger partial charge in [0.15, 0.2) is 0 Å². The smallest absolute Gasteiger partial charge is 0.0595 e. The second kappa shape index (κ2) is 4.86. The van der Waals surface area contributed by atoms with E-state index in [2.05, 4.69) is 30.9 Å². The molecule has 1 aromatic rings. The molecule has 2 atom stereocenters. The van der Waals surface area contributed by atoms with E-state index in [-0.39, 0.29) is 12.4 Å². The molecule has 1 saturated carbocycles. The average Bonchev–Trinajstić information content (AvgIpc) is 2.85. The molecular formula is C14H18Cl3N. The van der Waals surface area contributed by atoms with Crippen LogP contribution in [0, 0.1) is 5.92 Å². The number of halogens is 3. The third kappa shape index (κ3) is 2.16. The van der Waals surface area contributed by atoms with E-state index >= 15 is 0 Å². The van der Waals surface area contributed by atoms with Crippen LogP contribution in [-0.2, 0) is 5.41 Å². The fraction of sp³-hybridized carbons (Fsp3) is 0.571. The van der Waals surface area contributed by atoms with Gasteiger partial charge in [0.1, 0.15) is 0 Å². The number of likely N-dealkylation sites (tertiary alicyclic amines) is 1. The van der Waals surface area contributed by atoms with Crippen molar-refractivity contribution in [3.05, 3.63) is 33.8 Å². The molecule has 0 unspecified atom stereocenters. The van der Waals surface area contributed by atoms with Crippen LogP contribution in [0.3, 0.4) is 0 Å². The number of rotatable bonds is 2. The van der Waals surface area contributed by atoms with Crippen molar-refractivity contribution >= 4 is 35.6 Å². The molecule has 0 N–H and O–H groups in total. The van der Waals surface area contributed by atoms with E-state index in [9.17, 15) is 0 Å². The summed E-state index contributed by atoms with van der Waals surface area (Å²) >= 11 is 12.1. The van der Waals surface area contributed by atoms with Gasteiger partial charge in [-0.1, -0.05) is 29.3 Å². The van der Waals surface area contributed by atoms with Crippen molar-refractivity contribution in [2.75, 3.05) is 13.1 Å². The number of hydrogen-bond donors (Lipinski definition) is 0. The van der Waals surface area contributed by atoms with Crippen molar-refractivity contribution < 1.29 is 0 Å². The monoisotopic (exact) mass is 305 g/mol. The summed E-state index contributed by atoms with van der Waals surface area (Å²) in [5.74, 6) is 0.821. The van der Waals surface area contributed by atoms with Crippen LogP contribution < -0.4 is 0 Å². The van der Waals surface area contributed by atoms with Gasteiger partial charge >= 0.3 is 0 Å². The summed E-state index contributed by atoms with van der Waals surface area (Å²) in [7, 11) is 0. The van der Waals surface area contributed by atoms with Gasteiger partial charge in [-0.2, -0.15) is 0 Å². The molecule has 1 aliphatic carbocycles. The van der Waals surface area contributed by atoms with E-state index in [4.69, 9.17) is 23.2 Å². The summed E-state index contributed by atoms with van der Waals surface area (Å²) in [5.41, 5.74) is 1.75. The average molecular weight is 307 g/mol. The molecule has 0 aromatic heterocycles. The lowest BCUT2D eigenvalue weighted by atomic mass is 9.95. The topological polar surface area (TPSA) is 3.24 Å². The second-order valence-electron chi connectivity index (χ2n) is 5.71. The molecule has 3 rings (SSSR count). The van der Waals surface area contributed by atoms with Crippen LogP contribution in [0.1, 0.15) is 25.8 Å². The van der Waals surface area contributed by atoms with Crippen LogP contribution in [0.5, 0.6) is 0 Å². The van der Waals surface area contributed by atoms with Crippen molar-refractivity contribution in [2.45, 2.75) is 31.7 Å². The van der Waals surface area contributed by atoms with Gasteiger partial charge in [0.25, 0.3) is 0 Å². The molecule has 1 nitrogen and oxygen atoms in total. The quantitative estimate of drug-likeness (QED) is 0.783. The highest BCUT2D eigenvalue weighted by Gasteiger charge is 2.60. The Kier molecular flexibility index (Phi) is 3.91. The number of nitrogens with zero attached hydrogens (tertiary/aromatic N) is 1. The number of piperidine rings is 1. The van der Waals surface area contributed by atoms with Crippen molar-refractivity contribution in [1.82, 2.24) is 4.90 Å². The Labute approximate surface area is 125 Å². The largest absolute Gasteiger partial charge is 0.300 e. The predicted octanol–water partition coefficient (Wildman–Crippen LogP) is 4.40. The third-order valence-corrected chi connectivity index (χ3v) is 5.14. The van der Waals surface area contributed by atoms with Crippen molar-refractivity contribution in [3.8, 4) is 0 Å². The van der Waals surface area contributed by atoms with E-state index in [1.165, 1.54) is 25.1 Å². The summed E-state index contributed by atoms with van der Waals surface area (Å²) in [5, 5.41) is 1.34. The molecule has 1 saturated heterocycles. The standard InChI is InChI=1S/C14H17Cl2N.ClH/c1-9(2)17-7-11-6-14(11,8-17)10-3-4-12(15)13(16)5-10;/h3-5,9,11H,6-8H2,1-2H3;1H/t11-,14-;/m1./s1. The van der Waals surface area contributed by atoms with Crippen LogP contribution in [-0.4, -0.2) is 24.0 Å². The number of hydrogen-bond acceptors (Lipinski definition) is 1. The molecule has 0 spiro atoms. The van der Waals surface area contributed by atoms with Crippen LogP contribution >= 0.6 is 35.6 Å². The molecule has 2 aliphatic rings. The maximum Gasteiger partial charge on any atom is 0.0595 e. The van der Waals surface area contributed by atoms with Gasteiger partial charge in [0.2, 0.25) is 0 Å². The molecule has 0 amide bonds. The van der Waals surface area contributed by atoms with Crippen molar-refractivity contribution in [1.29, 1.82) is 0 Å². The SMILES string of the molecule is CC(C)N1C[C@H]2C[C@]2(c2ccc(Cl)c(Cl)c2)C1.Cl. The van der Waals surface area contributed by atoms with Crippen molar-refractivity contribution in [2.24, 2.45) is 5.92 Å². The van der Waals surface area contributed by atoms with Gasteiger partial charge in [0, 0.05) is 24.5 Å². The van der Waals surface area contributed by atoms with E-state index in [0.29, 0.717) is 21.5 Å². The fourth-order valence-electron chi connectivity index (χ4n) is 3.17. The molecule has 0 radical (unpaired) electrons. The highest BCUT2D eigenvalue weighted by atomic mass is 35.5. The zero-order valence-corrected chi connectivity index (χ0v) is 12.9. The highest BCUT2D eigenvalue weighted by molar-refractivity contribution is 6.42. The van der Waals surface area contributed by atoms with E-state index in [1.54, 1.807) is 0 Å². The van der Waals surface area contributed by atoms with Gasteiger partial charge < -0.3 is 0 Å². The van der Waals surface area contributed by atoms with Gasteiger partial charge in [-0.05, 0) is 43.9 Å². The zero-order chi connectivity index (χ0) is 12.2. The highest BCUT2D eigenvalue weighted by Crippen LogP contribution is 2.59. The summed E-state index contributed by atoms with van der Waals surface area (Å²) in [6, 6.07) is 6.79. The van der Waals surface area contributed by atoms with Crippen LogP contribution in [0.25, 0.3) is 0 Å².